The van der Waals surface area contributed by atoms with Gasteiger partial charge in [-0.25, -0.2) is 0 Å². The van der Waals surface area contributed by atoms with Crippen LogP contribution in [0.3, 0.4) is 0 Å². The van der Waals surface area contributed by atoms with Crippen LogP contribution in [0.2, 0.25) is 0 Å². The Morgan fingerprint density at radius 1 is 1.37 bits per heavy atom. The second kappa shape index (κ2) is 6.20. The minimum Gasteiger partial charge on any atom is -0.338 e. The summed E-state index contributed by atoms with van der Waals surface area (Å²) in [5.74, 6) is 3.62. The molecule has 1 aromatic heterocycles. The molecule has 0 aliphatic carbocycles. The van der Waals surface area contributed by atoms with Gasteiger partial charge in [0.25, 0.3) is 0 Å². The summed E-state index contributed by atoms with van der Waals surface area (Å²) in [4.78, 5) is 6.90. The normalized spacial score (nSPS) is 27.3. The van der Waals surface area contributed by atoms with Crippen molar-refractivity contribution in [3.05, 3.63) is 11.7 Å². The van der Waals surface area contributed by atoms with E-state index in [4.69, 9.17) is 4.52 Å². The van der Waals surface area contributed by atoms with E-state index in [-0.39, 0.29) is 12.4 Å². The van der Waals surface area contributed by atoms with E-state index in [1.165, 1.54) is 19.5 Å². The number of aromatic nitrogens is 2. The number of hydrogen-bond acceptors (Lipinski definition) is 5. The molecule has 1 aromatic rings. The van der Waals surface area contributed by atoms with Gasteiger partial charge in [-0.05, 0) is 37.9 Å². The molecule has 1 N–H and O–H groups in total. The van der Waals surface area contributed by atoms with Crippen molar-refractivity contribution in [1.82, 2.24) is 20.4 Å². The van der Waals surface area contributed by atoms with Gasteiger partial charge in [0, 0.05) is 12.5 Å². The lowest BCUT2D eigenvalue weighted by atomic mass is 9.89. The molecular weight excluding hydrogens is 264 g/mol. The average molecular weight is 287 g/mol. The first kappa shape index (κ1) is 14.8. The maximum absolute atomic E-state index is 5.32. The van der Waals surface area contributed by atoms with Crippen LogP contribution in [0.25, 0.3) is 0 Å². The molecule has 2 aliphatic heterocycles. The Morgan fingerprint density at radius 3 is 2.89 bits per heavy atom. The molecule has 2 aliphatic rings. The minimum absolute atomic E-state index is 0. The Balaban J connectivity index is 0.00000133. The zero-order chi connectivity index (χ0) is 12.5. The second-order valence-corrected chi connectivity index (χ2v) is 5.90. The summed E-state index contributed by atoms with van der Waals surface area (Å²) >= 11 is 0. The fourth-order valence-corrected chi connectivity index (χ4v) is 3.01. The van der Waals surface area contributed by atoms with Gasteiger partial charge in [0.2, 0.25) is 5.89 Å². The number of piperidine rings is 1. The van der Waals surface area contributed by atoms with E-state index in [0.29, 0.717) is 5.92 Å². The number of fused-ring (bicyclic) bond motifs is 1. The second-order valence-electron chi connectivity index (χ2n) is 5.90. The summed E-state index contributed by atoms with van der Waals surface area (Å²) in [7, 11) is 0. The number of nitrogens with one attached hydrogen (secondary N) is 1. The van der Waals surface area contributed by atoms with E-state index in [1.54, 1.807) is 0 Å². The summed E-state index contributed by atoms with van der Waals surface area (Å²) in [6.07, 6.45) is 1.29. The van der Waals surface area contributed by atoms with Crippen LogP contribution in [0.1, 0.15) is 37.9 Å². The molecule has 0 amide bonds. The maximum atomic E-state index is 5.32. The van der Waals surface area contributed by atoms with Crippen molar-refractivity contribution in [3.63, 3.8) is 0 Å². The average Bonchev–Trinajstić information content (AvgIpc) is 2.96. The predicted octanol–water partition coefficient (Wildman–Crippen LogP) is 1.66. The van der Waals surface area contributed by atoms with Crippen molar-refractivity contribution in [2.75, 3.05) is 26.2 Å². The molecule has 2 saturated heterocycles. The molecule has 2 unspecified atom stereocenters. The molecule has 19 heavy (non-hydrogen) atoms. The molecule has 6 heteroatoms. The number of nitrogens with zero attached hydrogens (tertiary/aromatic N) is 3. The highest BCUT2D eigenvalue weighted by atomic mass is 35.5. The monoisotopic (exact) mass is 286 g/mol. The van der Waals surface area contributed by atoms with Gasteiger partial charge in [-0.1, -0.05) is 19.0 Å². The molecule has 108 valence electrons. The lowest BCUT2D eigenvalue weighted by molar-refractivity contribution is 0.128. The highest BCUT2D eigenvalue weighted by Crippen LogP contribution is 2.27. The summed E-state index contributed by atoms with van der Waals surface area (Å²) < 4.78 is 5.32. The predicted molar refractivity (Wildman–Crippen MR) is 75.4 cm³/mol. The molecule has 0 aromatic carbocycles. The van der Waals surface area contributed by atoms with Crippen LogP contribution in [0.5, 0.6) is 0 Å². The Kier molecular flexibility index (Phi) is 4.81. The van der Waals surface area contributed by atoms with Gasteiger partial charge < -0.3 is 9.84 Å². The van der Waals surface area contributed by atoms with Crippen LogP contribution in [-0.4, -0.2) is 41.2 Å². The standard InChI is InChI=1S/C13H22N4O.ClH/c1-9(2)13-15-12(18-16-13)8-17-4-3-10-5-14-6-11(10)7-17;/h9-11,14H,3-8H2,1-2H3;1H. The largest absolute Gasteiger partial charge is 0.338 e. The van der Waals surface area contributed by atoms with Gasteiger partial charge in [0.05, 0.1) is 6.54 Å². The molecule has 3 heterocycles. The molecule has 0 spiro atoms. The van der Waals surface area contributed by atoms with E-state index in [2.05, 4.69) is 34.2 Å². The zero-order valence-corrected chi connectivity index (χ0v) is 12.4. The van der Waals surface area contributed by atoms with Gasteiger partial charge in [-0.3, -0.25) is 4.90 Å². The minimum atomic E-state index is 0. The van der Waals surface area contributed by atoms with Crippen LogP contribution in [0, 0.1) is 11.8 Å². The van der Waals surface area contributed by atoms with Crippen molar-refractivity contribution in [2.24, 2.45) is 11.8 Å². The smallest absolute Gasteiger partial charge is 0.240 e. The summed E-state index contributed by atoms with van der Waals surface area (Å²) in [6.45, 7) is 9.68. The molecule has 5 nitrogen and oxygen atoms in total. The third kappa shape index (κ3) is 3.27. The molecule has 0 saturated carbocycles. The Bertz CT molecular complexity index is 409. The van der Waals surface area contributed by atoms with Gasteiger partial charge in [0.15, 0.2) is 5.82 Å². The summed E-state index contributed by atoms with van der Waals surface area (Å²) in [6, 6.07) is 0. The highest BCUT2D eigenvalue weighted by molar-refractivity contribution is 5.85. The molecule has 0 radical (unpaired) electrons. The van der Waals surface area contributed by atoms with Crippen molar-refractivity contribution < 1.29 is 4.52 Å². The van der Waals surface area contributed by atoms with E-state index >= 15 is 0 Å². The highest BCUT2D eigenvalue weighted by Gasteiger charge is 2.33. The topological polar surface area (TPSA) is 54.2 Å². The third-order valence-corrected chi connectivity index (χ3v) is 4.15. The van der Waals surface area contributed by atoms with Crippen LogP contribution in [0.15, 0.2) is 4.52 Å². The maximum Gasteiger partial charge on any atom is 0.240 e. The van der Waals surface area contributed by atoms with Gasteiger partial charge in [0.1, 0.15) is 0 Å². The number of hydrogen-bond donors (Lipinski definition) is 1. The molecule has 2 atom stereocenters. The van der Waals surface area contributed by atoms with E-state index < -0.39 is 0 Å². The third-order valence-electron chi connectivity index (χ3n) is 4.15. The Morgan fingerprint density at radius 2 is 2.16 bits per heavy atom. The number of likely N-dealkylation sites (tertiary alicyclic amines) is 1. The Hall–Kier alpha value is -0.650. The first-order valence-corrected chi connectivity index (χ1v) is 6.98. The van der Waals surface area contributed by atoms with Gasteiger partial charge in [-0.15, -0.1) is 12.4 Å². The van der Waals surface area contributed by atoms with Gasteiger partial charge >= 0.3 is 0 Å². The number of rotatable bonds is 3. The van der Waals surface area contributed by atoms with Crippen LogP contribution in [0.4, 0.5) is 0 Å². The van der Waals surface area contributed by atoms with E-state index in [1.807, 2.05) is 0 Å². The molecule has 2 fully saturated rings. The quantitative estimate of drug-likeness (QED) is 0.916. The molecular formula is C13H23ClN4O. The van der Waals surface area contributed by atoms with Crippen molar-refractivity contribution >= 4 is 12.4 Å². The summed E-state index contributed by atoms with van der Waals surface area (Å²) in [5, 5.41) is 7.51. The van der Waals surface area contributed by atoms with Crippen molar-refractivity contribution in [2.45, 2.75) is 32.7 Å². The van der Waals surface area contributed by atoms with Crippen LogP contribution >= 0.6 is 12.4 Å². The van der Waals surface area contributed by atoms with Crippen molar-refractivity contribution in [1.29, 1.82) is 0 Å². The SMILES string of the molecule is CC(C)c1noc(CN2CCC3CNCC3C2)n1.Cl. The van der Waals surface area contributed by atoms with Crippen LogP contribution < -0.4 is 5.32 Å². The zero-order valence-electron chi connectivity index (χ0n) is 11.6. The molecule has 3 rings (SSSR count). The fraction of sp³-hybridized carbons (Fsp3) is 0.846. The molecule has 0 bridgehead atoms. The summed E-state index contributed by atoms with van der Waals surface area (Å²) in [5.41, 5.74) is 0. The lowest BCUT2D eigenvalue weighted by Gasteiger charge is -2.33. The Labute approximate surface area is 120 Å². The van der Waals surface area contributed by atoms with Gasteiger partial charge in [-0.2, -0.15) is 4.98 Å². The fourth-order valence-electron chi connectivity index (χ4n) is 3.01. The van der Waals surface area contributed by atoms with Crippen molar-refractivity contribution in [3.8, 4) is 0 Å². The first-order chi connectivity index (χ1) is 8.72. The van der Waals surface area contributed by atoms with E-state index in [9.17, 15) is 0 Å². The van der Waals surface area contributed by atoms with Crippen LogP contribution in [-0.2, 0) is 6.54 Å². The number of halogens is 1. The van der Waals surface area contributed by atoms with E-state index in [0.717, 1.165) is 43.2 Å². The lowest BCUT2D eigenvalue weighted by Crippen LogP contribution is -2.39. The first-order valence-electron chi connectivity index (χ1n) is 6.98.